The van der Waals surface area contributed by atoms with Gasteiger partial charge in [0, 0.05) is 48.0 Å². The summed E-state index contributed by atoms with van der Waals surface area (Å²) in [6.45, 7) is 0. The molecule has 2 nitrogen and oxygen atoms in total. The van der Waals surface area contributed by atoms with Gasteiger partial charge in [-0.25, -0.2) is 0 Å². The molecule has 0 N–H and O–H groups in total. The molecular weight excluding hydrogens is 783 g/mol. The van der Waals surface area contributed by atoms with Gasteiger partial charge in [0.15, 0.2) is 0 Å². The third-order valence-electron chi connectivity index (χ3n) is 12.9. The van der Waals surface area contributed by atoms with E-state index in [9.17, 15) is 0 Å². The molecule has 0 saturated heterocycles. The minimum atomic E-state index is 0.876. The van der Waals surface area contributed by atoms with E-state index in [1.165, 1.54) is 85.2 Å². The number of furan rings is 1. The number of hydrogen-bond donors (Lipinski definition) is 0. The van der Waals surface area contributed by atoms with E-state index >= 15 is 0 Å². The molecule has 2 aromatic heterocycles. The Labute approximate surface area is 367 Å². The van der Waals surface area contributed by atoms with Crippen molar-refractivity contribution in [1.29, 1.82) is 0 Å². The molecule has 0 amide bonds. The average Bonchev–Trinajstić information content (AvgIpc) is 3.92. The molecule has 2 heterocycles. The molecule has 294 valence electrons. The SMILES string of the molecule is c1ccc(-c2ccc(N(c3ccc4oc5ccccc5c4c3)c3ccc4c(c3)c3ccccc3c3ccccc3c3ccccc3c3c4ccc4sc5ccccc5c43)cc2)cc1. The van der Waals surface area contributed by atoms with Crippen LogP contribution in [0.3, 0.4) is 0 Å². The first-order chi connectivity index (χ1) is 31.2. The number of para-hydroxylation sites is 1. The molecular formula is C60H37NOS. The van der Waals surface area contributed by atoms with Crippen LogP contribution in [0.4, 0.5) is 17.1 Å². The summed E-state index contributed by atoms with van der Waals surface area (Å²) in [7, 11) is 0. The highest BCUT2D eigenvalue weighted by molar-refractivity contribution is 7.26. The first-order valence-corrected chi connectivity index (χ1v) is 22.3. The summed E-state index contributed by atoms with van der Waals surface area (Å²) in [5, 5.41) is 17.0. The third-order valence-corrected chi connectivity index (χ3v) is 14.0. The Morgan fingerprint density at radius 2 is 0.730 bits per heavy atom. The molecule has 0 radical (unpaired) electrons. The molecule has 0 fully saturated rings. The Hall–Kier alpha value is -7.98. The summed E-state index contributed by atoms with van der Waals surface area (Å²) in [6.07, 6.45) is 0. The fourth-order valence-corrected chi connectivity index (χ4v) is 11.1. The predicted molar refractivity (Wildman–Crippen MR) is 272 cm³/mol. The van der Waals surface area contributed by atoms with Crippen molar-refractivity contribution >= 4 is 124 Å². The molecule has 0 aliphatic heterocycles. The van der Waals surface area contributed by atoms with Crippen LogP contribution in [0.25, 0.3) is 107 Å². The largest absolute Gasteiger partial charge is 0.456 e. The van der Waals surface area contributed by atoms with Gasteiger partial charge in [0.1, 0.15) is 11.2 Å². The van der Waals surface area contributed by atoms with E-state index in [4.69, 9.17) is 4.42 Å². The van der Waals surface area contributed by atoms with Crippen LogP contribution in [0, 0.1) is 0 Å². The minimum absolute atomic E-state index is 0.876. The lowest BCUT2D eigenvalue weighted by Gasteiger charge is -2.26. The minimum Gasteiger partial charge on any atom is -0.456 e. The summed E-state index contributed by atoms with van der Waals surface area (Å²) >= 11 is 1.88. The van der Waals surface area contributed by atoms with Crippen molar-refractivity contribution in [2.45, 2.75) is 0 Å². The van der Waals surface area contributed by atoms with E-state index in [0.29, 0.717) is 0 Å². The summed E-state index contributed by atoms with van der Waals surface area (Å²) < 4.78 is 8.94. The Morgan fingerprint density at radius 1 is 0.270 bits per heavy atom. The highest BCUT2D eigenvalue weighted by atomic mass is 32.1. The van der Waals surface area contributed by atoms with Crippen molar-refractivity contribution in [1.82, 2.24) is 0 Å². The van der Waals surface area contributed by atoms with E-state index in [0.717, 1.165) is 39.0 Å². The quantitative estimate of drug-likeness (QED) is 0.176. The van der Waals surface area contributed by atoms with Crippen molar-refractivity contribution in [2.75, 3.05) is 4.90 Å². The molecule has 63 heavy (non-hydrogen) atoms. The number of benzene rings is 10. The lowest BCUT2D eigenvalue weighted by atomic mass is 9.92. The maximum Gasteiger partial charge on any atom is 0.135 e. The molecule has 0 spiro atoms. The van der Waals surface area contributed by atoms with Gasteiger partial charge in [0.25, 0.3) is 0 Å². The molecule has 11 aromatic carbocycles. The predicted octanol–water partition coefficient (Wildman–Crippen LogP) is 18.0. The van der Waals surface area contributed by atoms with Crippen LogP contribution in [-0.2, 0) is 0 Å². The lowest BCUT2D eigenvalue weighted by molar-refractivity contribution is 0.669. The maximum atomic E-state index is 6.35. The van der Waals surface area contributed by atoms with Crippen LogP contribution in [0.15, 0.2) is 229 Å². The van der Waals surface area contributed by atoms with Gasteiger partial charge in [-0.1, -0.05) is 164 Å². The van der Waals surface area contributed by atoms with Gasteiger partial charge in [0.05, 0.1) is 0 Å². The zero-order chi connectivity index (χ0) is 41.4. The molecule has 0 aliphatic carbocycles. The van der Waals surface area contributed by atoms with Crippen molar-refractivity contribution in [3.63, 3.8) is 0 Å². The zero-order valence-electron chi connectivity index (χ0n) is 34.1. The van der Waals surface area contributed by atoms with Gasteiger partial charge in [-0.05, 0) is 126 Å². The van der Waals surface area contributed by atoms with E-state index in [-0.39, 0.29) is 0 Å². The summed E-state index contributed by atoms with van der Waals surface area (Å²) in [6, 6.07) is 82.1. The Morgan fingerprint density at radius 3 is 1.44 bits per heavy atom. The first-order valence-electron chi connectivity index (χ1n) is 21.5. The third kappa shape index (κ3) is 5.71. The molecule has 0 saturated carbocycles. The molecule has 3 heteroatoms. The number of anilines is 3. The van der Waals surface area contributed by atoms with Crippen molar-refractivity contribution in [2.24, 2.45) is 0 Å². The van der Waals surface area contributed by atoms with Gasteiger partial charge >= 0.3 is 0 Å². The first kappa shape index (κ1) is 35.7. The van der Waals surface area contributed by atoms with Gasteiger partial charge in [-0.15, -0.1) is 11.3 Å². The summed E-state index contributed by atoms with van der Waals surface area (Å²) in [5.41, 5.74) is 7.33. The number of hydrogen-bond acceptors (Lipinski definition) is 3. The number of thiophene rings is 1. The summed E-state index contributed by atoms with van der Waals surface area (Å²) in [5.74, 6) is 0. The van der Waals surface area contributed by atoms with E-state index in [1.807, 2.05) is 23.5 Å². The lowest BCUT2D eigenvalue weighted by Crippen LogP contribution is -2.09. The van der Waals surface area contributed by atoms with Gasteiger partial charge in [-0.2, -0.15) is 0 Å². The van der Waals surface area contributed by atoms with Crippen molar-refractivity contribution < 1.29 is 4.42 Å². The Bertz CT molecular complexity index is 4030. The van der Waals surface area contributed by atoms with Crippen molar-refractivity contribution in [3.05, 3.63) is 224 Å². The number of nitrogens with zero attached hydrogens (tertiary/aromatic N) is 1. The standard InChI is InChI=1S/C60H37NOS/c1-2-14-38(15-3-1)39-26-28-40(29-27-39)61(42-31-34-56-54(37-42)49-21-10-12-24-55(49)62-56)41-30-32-48-51-33-35-58-60(52-23-11-13-25-57(52)63-58)59(51)50-22-9-8-19-46(50)44-17-5-4-16-43(44)45-18-6-7-20-47(45)53(48)36-41/h1-37H. The summed E-state index contributed by atoms with van der Waals surface area (Å²) in [4.78, 5) is 2.40. The average molecular weight is 820 g/mol. The van der Waals surface area contributed by atoms with Gasteiger partial charge in [0.2, 0.25) is 0 Å². The second kappa shape index (κ2) is 14.3. The van der Waals surface area contributed by atoms with Crippen LogP contribution >= 0.6 is 11.3 Å². The van der Waals surface area contributed by atoms with Crippen LogP contribution < -0.4 is 4.90 Å². The molecule has 0 atom stereocenters. The van der Waals surface area contributed by atoms with E-state index in [1.54, 1.807) is 0 Å². The smallest absolute Gasteiger partial charge is 0.135 e. The second-order valence-electron chi connectivity index (χ2n) is 16.4. The molecule has 13 aromatic rings. The second-order valence-corrected chi connectivity index (χ2v) is 17.4. The highest BCUT2D eigenvalue weighted by Gasteiger charge is 2.19. The molecule has 0 bridgehead atoms. The Balaban J connectivity index is 1.18. The molecule has 0 aliphatic rings. The van der Waals surface area contributed by atoms with Crippen molar-refractivity contribution in [3.8, 4) is 11.1 Å². The maximum absolute atomic E-state index is 6.35. The molecule has 13 rings (SSSR count). The van der Waals surface area contributed by atoms with E-state index < -0.39 is 0 Å². The van der Waals surface area contributed by atoms with Crippen LogP contribution in [0.5, 0.6) is 0 Å². The molecule has 0 unspecified atom stereocenters. The highest BCUT2D eigenvalue weighted by Crippen LogP contribution is 2.46. The Kier molecular flexibility index (Phi) is 8.12. The normalized spacial score (nSPS) is 11.8. The van der Waals surface area contributed by atoms with Crippen LogP contribution in [0.1, 0.15) is 0 Å². The zero-order valence-corrected chi connectivity index (χ0v) is 34.9. The fraction of sp³-hybridized carbons (Fsp3) is 0. The topological polar surface area (TPSA) is 16.4 Å². The van der Waals surface area contributed by atoms with Crippen LogP contribution in [-0.4, -0.2) is 0 Å². The van der Waals surface area contributed by atoms with Crippen LogP contribution in [0.2, 0.25) is 0 Å². The van der Waals surface area contributed by atoms with Gasteiger partial charge in [-0.3, -0.25) is 0 Å². The monoisotopic (exact) mass is 819 g/mol. The van der Waals surface area contributed by atoms with Gasteiger partial charge < -0.3 is 9.32 Å². The number of fused-ring (bicyclic) bond motifs is 17. The van der Waals surface area contributed by atoms with E-state index in [2.05, 4.69) is 217 Å². The number of rotatable bonds is 4. The fourth-order valence-electron chi connectivity index (χ4n) is 10.0.